The van der Waals surface area contributed by atoms with Gasteiger partial charge in [-0.3, -0.25) is 4.99 Å². The second kappa shape index (κ2) is 5.25. The highest BCUT2D eigenvalue weighted by atomic mass is 32.2. The molecule has 0 saturated carbocycles. The van der Waals surface area contributed by atoms with E-state index in [1.165, 1.54) is 0 Å². The molecule has 0 unspecified atom stereocenters. The largest absolute Gasteiger partial charge is 0.356 e. The molecule has 17 heavy (non-hydrogen) atoms. The van der Waals surface area contributed by atoms with Crippen LogP contribution < -0.4 is 5.32 Å². The Morgan fingerprint density at radius 3 is 2.59 bits per heavy atom. The van der Waals surface area contributed by atoms with Crippen LogP contribution in [0.5, 0.6) is 0 Å². The van der Waals surface area contributed by atoms with Crippen molar-refractivity contribution in [1.29, 1.82) is 0 Å². The van der Waals surface area contributed by atoms with Crippen LogP contribution in [-0.4, -0.2) is 56.5 Å². The molecule has 0 aromatic carbocycles. The van der Waals surface area contributed by atoms with Crippen molar-refractivity contribution in [2.24, 2.45) is 4.99 Å². The number of hydrogen-bond donors (Lipinski definition) is 1. The fourth-order valence-corrected chi connectivity index (χ4v) is 3.26. The smallest absolute Gasteiger partial charge is 0.193 e. The Balaban J connectivity index is 2.76. The predicted molar refractivity (Wildman–Crippen MR) is 71.1 cm³/mol. The van der Waals surface area contributed by atoms with Gasteiger partial charge in [0.2, 0.25) is 0 Å². The Morgan fingerprint density at radius 2 is 2.12 bits per heavy atom. The van der Waals surface area contributed by atoms with Crippen molar-refractivity contribution in [2.75, 3.05) is 32.4 Å². The minimum Gasteiger partial charge on any atom is -0.356 e. The van der Waals surface area contributed by atoms with Crippen LogP contribution in [0.1, 0.15) is 27.2 Å². The van der Waals surface area contributed by atoms with Gasteiger partial charge in [-0.15, -0.1) is 0 Å². The van der Waals surface area contributed by atoms with Crippen LogP contribution in [0, 0.1) is 0 Å². The normalized spacial score (nSPS) is 23.5. The summed E-state index contributed by atoms with van der Waals surface area (Å²) in [6, 6.07) is 0. The zero-order chi connectivity index (χ0) is 13.1. The van der Waals surface area contributed by atoms with Gasteiger partial charge in [0, 0.05) is 26.7 Å². The zero-order valence-corrected chi connectivity index (χ0v) is 12.0. The minimum absolute atomic E-state index is 0.201. The Labute approximate surface area is 104 Å². The summed E-state index contributed by atoms with van der Waals surface area (Å²) in [6.07, 6.45) is 1.02. The van der Waals surface area contributed by atoms with E-state index in [0.717, 1.165) is 18.9 Å². The molecule has 1 aliphatic heterocycles. The Morgan fingerprint density at radius 1 is 1.47 bits per heavy atom. The summed E-state index contributed by atoms with van der Waals surface area (Å²) in [7, 11) is -1.25. The molecule has 0 bridgehead atoms. The molecule has 1 aliphatic rings. The van der Waals surface area contributed by atoms with Gasteiger partial charge in [0.05, 0.1) is 10.5 Å². The molecular formula is C11H23N3O2S. The molecule has 1 saturated heterocycles. The Hall–Kier alpha value is -0.780. The third-order valence-electron chi connectivity index (χ3n) is 3.09. The number of aliphatic imine (C=N–C) groups is 1. The van der Waals surface area contributed by atoms with Crippen LogP contribution in [-0.2, 0) is 9.84 Å². The van der Waals surface area contributed by atoms with Gasteiger partial charge in [0.25, 0.3) is 0 Å². The summed E-state index contributed by atoms with van der Waals surface area (Å²) in [5.41, 5.74) is 0. The summed E-state index contributed by atoms with van der Waals surface area (Å²) in [4.78, 5) is 6.22. The van der Waals surface area contributed by atoms with Crippen molar-refractivity contribution < 1.29 is 8.42 Å². The van der Waals surface area contributed by atoms with Gasteiger partial charge in [-0.05, 0) is 20.3 Å². The fourth-order valence-electron chi connectivity index (χ4n) is 1.89. The summed E-state index contributed by atoms with van der Waals surface area (Å²) >= 11 is 0. The highest BCUT2D eigenvalue weighted by Crippen LogP contribution is 2.23. The van der Waals surface area contributed by atoms with E-state index in [1.54, 1.807) is 20.9 Å². The first-order valence-corrected chi connectivity index (χ1v) is 7.67. The molecule has 0 amide bonds. The topological polar surface area (TPSA) is 61.8 Å². The lowest BCUT2D eigenvalue weighted by Gasteiger charge is -2.39. The van der Waals surface area contributed by atoms with Crippen molar-refractivity contribution in [1.82, 2.24) is 10.2 Å². The average molecular weight is 261 g/mol. The van der Waals surface area contributed by atoms with Crippen molar-refractivity contribution in [2.45, 2.75) is 31.9 Å². The van der Waals surface area contributed by atoms with Gasteiger partial charge >= 0.3 is 0 Å². The van der Waals surface area contributed by atoms with E-state index in [-0.39, 0.29) is 5.75 Å². The van der Waals surface area contributed by atoms with Gasteiger partial charge in [-0.1, -0.05) is 6.92 Å². The zero-order valence-electron chi connectivity index (χ0n) is 11.2. The molecule has 1 heterocycles. The molecule has 1 N–H and O–H groups in total. The first-order valence-electron chi connectivity index (χ1n) is 6.02. The summed E-state index contributed by atoms with van der Waals surface area (Å²) in [5, 5.41) is 3.24. The molecule has 0 aliphatic carbocycles. The second-order valence-corrected chi connectivity index (χ2v) is 7.72. The molecule has 6 heteroatoms. The van der Waals surface area contributed by atoms with E-state index in [0.29, 0.717) is 13.1 Å². The van der Waals surface area contributed by atoms with Crippen molar-refractivity contribution in [3.8, 4) is 0 Å². The number of sulfone groups is 1. The minimum atomic E-state index is -2.98. The summed E-state index contributed by atoms with van der Waals surface area (Å²) in [6.45, 7) is 7.53. The third kappa shape index (κ3) is 3.12. The average Bonchev–Trinajstić information content (AvgIpc) is 2.24. The van der Waals surface area contributed by atoms with Crippen LogP contribution in [0.25, 0.3) is 0 Å². The molecule has 1 rings (SSSR count). The number of guanidine groups is 1. The Bertz CT molecular complexity index is 388. The molecule has 0 aromatic heterocycles. The van der Waals surface area contributed by atoms with E-state index in [2.05, 4.69) is 17.2 Å². The summed E-state index contributed by atoms with van der Waals surface area (Å²) < 4.78 is 23.1. The van der Waals surface area contributed by atoms with Crippen LogP contribution in [0.3, 0.4) is 0 Å². The van der Waals surface area contributed by atoms with Gasteiger partial charge in [-0.2, -0.15) is 0 Å². The monoisotopic (exact) mass is 261 g/mol. The number of rotatable bonds is 2. The lowest BCUT2D eigenvalue weighted by atomic mass is 10.2. The van der Waals surface area contributed by atoms with E-state index in [9.17, 15) is 8.42 Å². The molecule has 0 radical (unpaired) electrons. The standard InChI is InChI=1S/C11H23N3O2S/c1-5-6-13-10(12-4)14-7-8-17(15,16)11(2,3)9-14/h5-9H2,1-4H3,(H,12,13). The van der Waals surface area contributed by atoms with Crippen LogP contribution >= 0.6 is 0 Å². The first kappa shape index (κ1) is 14.3. The van der Waals surface area contributed by atoms with Gasteiger partial charge in [0.1, 0.15) is 0 Å². The van der Waals surface area contributed by atoms with E-state index < -0.39 is 14.6 Å². The van der Waals surface area contributed by atoms with Crippen LogP contribution in [0.15, 0.2) is 4.99 Å². The van der Waals surface area contributed by atoms with Crippen LogP contribution in [0.2, 0.25) is 0 Å². The highest BCUT2D eigenvalue weighted by Gasteiger charge is 2.40. The highest BCUT2D eigenvalue weighted by molar-refractivity contribution is 7.92. The van der Waals surface area contributed by atoms with E-state index in [4.69, 9.17) is 0 Å². The maximum atomic E-state index is 11.9. The Kier molecular flexibility index (Phi) is 4.41. The molecule has 5 nitrogen and oxygen atoms in total. The molecule has 0 spiro atoms. The lowest BCUT2D eigenvalue weighted by molar-refractivity contribution is 0.353. The van der Waals surface area contributed by atoms with Gasteiger partial charge in [0.15, 0.2) is 15.8 Å². The maximum absolute atomic E-state index is 11.9. The SMILES string of the molecule is CCCNC(=NC)N1CCS(=O)(=O)C(C)(C)C1. The fraction of sp³-hybridized carbons (Fsp3) is 0.909. The second-order valence-electron chi connectivity index (χ2n) is 4.97. The van der Waals surface area contributed by atoms with Crippen molar-refractivity contribution in [3.63, 3.8) is 0 Å². The van der Waals surface area contributed by atoms with Gasteiger partial charge in [-0.25, -0.2) is 8.42 Å². The van der Waals surface area contributed by atoms with Gasteiger partial charge < -0.3 is 10.2 Å². The van der Waals surface area contributed by atoms with E-state index in [1.807, 2.05) is 4.90 Å². The molecule has 0 aromatic rings. The maximum Gasteiger partial charge on any atom is 0.193 e. The number of nitrogens with zero attached hydrogens (tertiary/aromatic N) is 2. The number of hydrogen-bond acceptors (Lipinski definition) is 3. The lowest BCUT2D eigenvalue weighted by Crippen LogP contribution is -2.57. The molecule has 100 valence electrons. The molecule has 1 fully saturated rings. The van der Waals surface area contributed by atoms with Crippen LogP contribution in [0.4, 0.5) is 0 Å². The van der Waals surface area contributed by atoms with E-state index >= 15 is 0 Å². The molecule has 0 atom stereocenters. The van der Waals surface area contributed by atoms with Crippen molar-refractivity contribution in [3.05, 3.63) is 0 Å². The summed E-state index contributed by atoms with van der Waals surface area (Å²) in [5.74, 6) is 1.00. The number of nitrogens with one attached hydrogen (secondary N) is 1. The van der Waals surface area contributed by atoms with Crippen molar-refractivity contribution >= 4 is 15.8 Å². The third-order valence-corrected chi connectivity index (χ3v) is 5.62. The quantitative estimate of drug-likeness (QED) is 0.580. The molecular weight excluding hydrogens is 238 g/mol. The predicted octanol–water partition coefficient (Wildman–Crippen LogP) is 0.481. The first-order chi connectivity index (χ1) is 7.84.